The molecule has 0 fully saturated rings. The second-order valence-corrected chi connectivity index (χ2v) is 7.28. The standard InChI is InChI=1S/C21H23N3O4/c1-21(2,3)28-20(25)22-17-14-18(23(4)5)16(13-19(17)24(26)27)12-11-15-9-7-6-8-10-15/h6-10,13-14H,1-5H3,(H,22,25). The van der Waals surface area contributed by atoms with Crippen molar-refractivity contribution in [3.63, 3.8) is 0 Å². The van der Waals surface area contributed by atoms with E-state index >= 15 is 0 Å². The summed E-state index contributed by atoms with van der Waals surface area (Å²) < 4.78 is 5.20. The topological polar surface area (TPSA) is 84.7 Å². The zero-order chi connectivity index (χ0) is 20.9. The molecule has 146 valence electrons. The first-order valence-corrected chi connectivity index (χ1v) is 8.63. The zero-order valence-corrected chi connectivity index (χ0v) is 16.6. The van der Waals surface area contributed by atoms with E-state index in [0.29, 0.717) is 11.3 Å². The van der Waals surface area contributed by atoms with E-state index in [4.69, 9.17) is 4.74 Å². The van der Waals surface area contributed by atoms with Crippen LogP contribution in [0.4, 0.5) is 21.9 Å². The number of hydrogen-bond acceptors (Lipinski definition) is 5. The second-order valence-electron chi connectivity index (χ2n) is 7.28. The van der Waals surface area contributed by atoms with E-state index in [9.17, 15) is 14.9 Å². The van der Waals surface area contributed by atoms with Gasteiger partial charge in [-0.2, -0.15) is 0 Å². The molecule has 0 atom stereocenters. The van der Waals surface area contributed by atoms with Crippen molar-refractivity contribution < 1.29 is 14.5 Å². The lowest BCUT2D eigenvalue weighted by Gasteiger charge is -2.21. The van der Waals surface area contributed by atoms with E-state index in [0.717, 1.165) is 5.56 Å². The van der Waals surface area contributed by atoms with E-state index in [1.807, 2.05) is 30.3 Å². The number of carbonyl (C=O) groups is 1. The van der Waals surface area contributed by atoms with Gasteiger partial charge in [0, 0.05) is 25.7 Å². The molecule has 28 heavy (non-hydrogen) atoms. The summed E-state index contributed by atoms with van der Waals surface area (Å²) in [5, 5.41) is 14.0. The SMILES string of the molecule is CN(C)c1cc(NC(=O)OC(C)(C)C)c([N+](=O)[O-])cc1C#Cc1ccccc1. The van der Waals surface area contributed by atoms with Crippen LogP contribution in [0.15, 0.2) is 42.5 Å². The van der Waals surface area contributed by atoms with Gasteiger partial charge < -0.3 is 9.64 Å². The van der Waals surface area contributed by atoms with Crippen LogP contribution in [0.25, 0.3) is 0 Å². The Morgan fingerprint density at radius 3 is 2.32 bits per heavy atom. The van der Waals surface area contributed by atoms with Crippen molar-refractivity contribution in [2.45, 2.75) is 26.4 Å². The molecule has 1 N–H and O–H groups in total. The van der Waals surface area contributed by atoms with Gasteiger partial charge in [-0.25, -0.2) is 4.79 Å². The number of rotatable bonds is 3. The van der Waals surface area contributed by atoms with E-state index in [1.54, 1.807) is 39.8 Å². The van der Waals surface area contributed by atoms with Gasteiger partial charge in [0.15, 0.2) is 0 Å². The molecule has 7 heteroatoms. The Labute approximate surface area is 164 Å². The van der Waals surface area contributed by atoms with Gasteiger partial charge in [0.1, 0.15) is 11.3 Å². The first-order valence-electron chi connectivity index (χ1n) is 8.63. The van der Waals surface area contributed by atoms with Crippen molar-refractivity contribution in [1.82, 2.24) is 0 Å². The number of carbonyl (C=O) groups excluding carboxylic acids is 1. The van der Waals surface area contributed by atoms with Gasteiger partial charge in [0.05, 0.1) is 16.2 Å². The van der Waals surface area contributed by atoms with Crippen LogP contribution in [-0.4, -0.2) is 30.7 Å². The average Bonchev–Trinajstić information content (AvgIpc) is 2.59. The summed E-state index contributed by atoms with van der Waals surface area (Å²) in [5.41, 5.74) is 0.993. The number of nitrogens with one attached hydrogen (secondary N) is 1. The van der Waals surface area contributed by atoms with Crippen LogP contribution in [0.3, 0.4) is 0 Å². The molecular formula is C21H23N3O4. The number of benzene rings is 2. The fraction of sp³-hybridized carbons (Fsp3) is 0.286. The molecule has 0 aliphatic rings. The Kier molecular flexibility index (Phi) is 6.26. The molecule has 0 unspecified atom stereocenters. The third-order valence-corrected chi connectivity index (χ3v) is 3.54. The normalized spacial score (nSPS) is 10.5. The Bertz CT molecular complexity index is 936. The Morgan fingerprint density at radius 1 is 1.14 bits per heavy atom. The lowest BCUT2D eigenvalue weighted by Crippen LogP contribution is -2.27. The zero-order valence-electron chi connectivity index (χ0n) is 16.6. The van der Waals surface area contributed by atoms with E-state index in [2.05, 4.69) is 17.2 Å². The van der Waals surface area contributed by atoms with E-state index in [1.165, 1.54) is 12.1 Å². The summed E-state index contributed by atoms with van der Waals surface area (Å²) in [6, 6.07) is 12.2. The maximum absolute atomic E-state index is 12.1. The Morgan fingerprint density at radius 2 is 1.79 bits per heavy atom. The summed E-state index contributed by atoms with van der Waals surface area (Å²) in [5.74, 6) is 5.99. The first kappa shape index (κ1) is 20.8. The minimum atomic E-state index is -0.761. The molecule has 7 nitrogen and oxygen atoms in total. The van der Waals surface area contributed by atoms with Crippen molar-refractivity contribution in [2.75, 3.05) is 24.3 Å². The fourth-order valence-corrected chi connectivity index (χ4v) is 2.37. The molecule has 0 saturated carbocycles. The lowest BCUT2D eigenvalue weighted by atomic mass is 10.1. The van der Waals surface area contributed by atoms with E-state index < -0.39 is 16.6 Å². The molecule has 1 amide bonds. The van der Waals surface area contributed by atoms with Crippen LogP contribution < -0.4 is 10.2 Å². The predicted octanol–water partition coefficient (Wildman–Crippen LogP) is 4.41. The molecule has 0 saturated heterocycles. The van der Waals surface area contributed by atoms with Crippen molar-refractivity contribution >= 4 is 23.2 Å². The molecular weight excluding hydrogens is 358 g/mol. The number of nitro groups is 1. The third kappa shape index (κ3) is 5.74. The van der Waals surface area contributed by atoms with Crippen LogP contribution in [0.5, 0.6) is 0 Å². The summed E-state index contributed by atoms with van der Waals surface area (Å²) >= 11 is 0. The highest BCUT2D eigenvalue weighted by molar-refractivity contribution is 5.90. The largest absolute Gasteiger partial charge is 0.444 e. The van der Waals surface area contributed by atoms with Gasteiger partial charge in [-0.3, -0.25) is 15.4 Å². The Hall–Kier alpha value is -3.53. The predicted molar refractivity (Wildman–Crippen MR) is 110 cm³/mol. The maximum Gasteiger partial charge on any atom is 0.412 e. The smallest absolute Gasteiger partial charge is 0.412 e. The molecule has 0 bridgehead atoms. The molecule has 0 spiro atoms. The van der Waals surface area contributed by atoms with Gasteiger partial charge in [-0.15, -0.1) is 0 Å². The second kappa shape index (κ2) is 8.44. The Balaban J connectivity index is 2.48. The number of amides is 1. The molecule has 0 aliphatic carbocycles. The monoisotopic (exact) mass is 381 g/mol. The lowest BCUT2D eigenvalue weighted by molar-refractivity contribution is -0.383. The summed E-state index contributed by atoms with van der Waals surface area (Å²) in [7, 11) is 3.60. The van der Waals surface area contributed by atoms with Gasteiger partial charge >= 0.3 is 6.09 Å². The average molecular weight is 381 g/mol. The quantitative estimate of drug-likeness (QED) is 0.484. The van der Waals surface area contributed by atoms with Gasteiger partial charge in [-0.1, -0.05) is 30.0 Å². The van der Waals surface area contributed by atoms with Gasteiger partial charge in [-0.05, 0) is 39.0 Å². The van der Waals surface area contributed by atoms with Crippen molar-refractivity contribution in [2.24, 2.45) is 0 Å². The molecule has 0 radical (unpaired) electrons. The van der Waals surface area contributed by atoms with Gasteiger partial charge in [0.2, 0.25) is 0 Å². The number of anilines is 2. The van der Waals surface area contributed by atoms with Crippen molar-refractivity contribution in [3.05, 3.63) is 63.7 Å². The highest BCUT2D eigenvalue weighted by Crippen LogP contribution is 2.33. The van der Waals surface area contributed by atoms with Crippen molar-refractivity contribution in [3.8, 4) is 11.8 Å². The summed E-state index contributed by atoms with van der Waals surface area (Å²) in [6.07, 6.45) is -0.761. The van der Waals surface area contributed by atoms with Crippen LogP contribution in [0.2, 0.25) is 0 Å². The summed E-state index contributed by atoms with van der Waals surface area (Å²) in [4.78, 5) is 24.9. The number of nitro benzene ring substituents is 1. The minimum Gasteiger partial charge on any atom is -0.444 e. The number of ether oxygens (including phenoxy) is 1. The third-order valence-electron chi connectivity index (χ3n) is 3.54. The molecule has 0 heterocycles. The molecule has 0 aliphatic heterocycles. The van der Waals surface area contributed by atoms with Gasteiger partial charge in [0.25, 0.3) is 5.69 Å². The van der Waals surface area contributed by atoms with Crippen molar-refractivity contribution in [1.29, 1.82) is 0 Å². The maximum atomic E-state index is 12.1. The van der Waals surface area contributed by atoms with Crippen LogP contribution in [0.1, 0.15) is 31.9 Å². The fourth-order valence-electron chi connectivity index (χ4n) is 2.37. The van der Waals surface area contributed by atoms with E-state index in [-0.39, 0.29) is 11.4 Å². The highest BCUT2D eigenvalue weighted by Gasteiger charge is 2.23. The summed E-state index contributed by atoms with van der Waals surface area (Å²) in [6.45, 7) is 5.15. The first-order chi connectivity index (χ1) is 13.1. The van der Waals surface area contributed by atoms with Crippen LogP contribution in [0, 0.1) is 22.0 Å². The molecule has 2 rings (SSSR count). The molecule has 2 aromatic rings. The molecule has 2 aromatic carbocycles. The highest BCUT2D eigenvalue weighted by atomic mass is 16.6. The molecule has 0 aromatic heterocycles. The minimum absolute atomic E-state index is 0.0493. The van der Waals surface area contributed by atoms with Crippen LogP contribution in [-0.2, 0) is 4.74 Å². The number of nitrogens with zero attached hydrogens (tertiary/aromatic N) is 2. The number of hydrogen-bond donors (Lipinski definition) is 1. The van der Waals surface area contributed by atoms with Crippen LogP contribution >= 0.6 is 0 Å².